The van der Waals surface area contributed by atoms with Crippen LogP contribution in [0.2, 0.25) is 0 Å². The highest BCUT2D eigenvalue weighted by Crippen LogP contribution is 2.12. The van der Waals surface area contributed by atoms with E-state index in [1.165, 1.54) is 6.07 Å². The third-order valence-corrected chi connectivity index (χ3v) is 2.12. The number of aromatic nitrogens is 2. The lowest BCUT2D eigenvalue weighted by Gasteiger charge is -2.22. The number of morpholine rings is 1. The molecule has 2 heterocycles. The molecule has 1 aliphatic heterocycles. The van der Waals surface area contributed by atoms with Crippen LogP contribution in [0.25, 0.3) is 0 Å². The highest BCUT2D eigenvalue weighted by molar-refractivity contribution is 5.03. The second kappa shape index (κ2) is 3.89. The summed E-state index contributed by atoms with van der Waals surface area (Å²) < 4.78 is 5.48. The van der Waals surface area contributed by atoms with Gasteiger partial charge in [0, 0.05) is 24.8 Å². The summed E-state index contributed by atoms with van der Waals surface area (Å²) in [4.78, 5) is 18.1. The summed E-state index contributed by atoms with van der Waals surface area (Å²) in [5.74, 6) is 0.613. The van der Waals surface area contributed by atoms with Gasteiger partial charge in [0.05, 0.1) is 6.61 Å². The Kier molecular flexibility index (Phi) is 2.60. The van der Waals surface area contributed by atoms with Gasteiger partial charge in [-0.15, -0.1) is 0 Å². The van der Waals surface area contributed by atoms with E-state index < -0.39 is 0 Å². The van der Waals surface area contributed by atoms with Crippen LogP contribution in [0.3, 0.4) is 0 Å². The molecule has 1 atom stereocenters. The Labute approximate surface area is 81.5 Å². The molecule has 14 heavy (non-hydrogen) atoms. The van der Waals surface area contributed by atoms with Gasteiger partial charge in [-0.3, -0.25) is 4.79 Å². The quantitative estimate of drug-likeness (QED) is 0.648. The van der Waals surface area contributed by atoms with Gasteiger partial charge < -0.3 is 15.0 Å². The summed E-state index contributed by atoms with van der Waals surface area (Å²) in [5, 5.41) is 3.19. The van der Waals surface area contributed by atoms with Crippen LogP contribution in [0.1, 0.15) is 17.6 Å². The Hall–Kier alpha value is -1.20. The monoisotopic (exact) mass is 195 g/mol. The molecule has 0 amide bonds. The van der Waals surface area contributed by atoms with Crippen molar-refractivity contribution in [2.75, 3.05) is 19.7 Å². The Morgan fingerprint density at radius 2 is 2.50 bits per heavy atom. The van der Waals surface area contributed by atoms with E-state index in [2.05, 4.69) is 15.3 Å². The van der Waals surface area contributed by atoms with Crippen LogP contribution in [0, 0.1) is 6.92 Å². The van der Waals surface area contributed by atoms with E-state index in [9.17, 15) is 4.79 Å². The average Bonchev–Trinajstić information content (AvgIpc) is 2.18. The van der Waals surface area contributed by atoms with Crippen molar-refractivity contribution >= 4 is 0 Å². The lowest BCUT2D eigenvalue weighted by atomic mass is 10.3. The first kappa shape index (κ1) is 9.36. The molecule has 0 radical (unpaired) electrons. The minimum atomic E-state index is -0.128. The van der Waals surface area contributed by atoms with Gasteiger partial charge in [0.2, 0.25) is 0 Å². The van der Waals surface area contributed by atoms with E-state index in [-0.39, 0.29) is 11.7 Å². The summed E-state index contributed by atoms with van der Waals surface area (Å²) in [7, 11) is 0. The number of hydrogen-bond donors (Lipinski definition) is 2. The highest BCUT2D eigenvalue weighted by Gasteiger charge is 2.17. The third-order valence-electron chi connectivity index (χ3n) is 2.12. The Morgan fingerprint density at radius 1 is 1.64 bits per heavy atom. The van der Waals surface area contributed by atoms with Gasteiger partial charge >= 0.3 is 0 Å². The van der Waals surface area contributed by atoms with E-state index in [0.717, 1.165) is 12.2 Å². The van der Waals surface area contributed by atoms with Gasteiger partial charge in [0.1, 0.15) is 11.9 Å². The average molecular weight is 195 g/mol. The molecule has 76 valence electrons. The maximum atomic E-state index is 11.2. The predicted molar refractivity (Wildman–Crippen MR) is 51.2 cm³/mol. The maximum absolute atomic E-state index is 11.2. The van der Waals surface area contributed by atoms with Gasteiger partial charge in [0.15, 0.2) is 0 Å². The van der Waals surface area contributed by atoms with E-state index in [1.807, 2.05) is 0 Å². The topological polar surface area (TPSA) is 67.0 Å². The van der Waals surface area contributed by atoms with Crippen LogP contribution in [0.4, 0.5) is 0 Å². The van der Waals surface area contributed by atoms with Crippen molar-refractivity contribution in [2.45, 2.75) is 13.0 Å². The number of H-pyrrole nitrogens is 1. The number of rotatable bonds is 1. The van der Waals surface area contributed by atoms with E-state index in [0.29, 0.717) is 19.0 Å². The lowest BCUT2D eigenvalue weighted by Crippen LogP contribution is -2.35. The molecule has 0 aromatic carbocycles. The first-order valence-corrected chi connectivity index (χ1v) is 4.66. The standard InChI is InChI=1S/C9H13N3O2/c1-6-4-8(13)12-9(11-6)7-5-10-2-3-14-7/h4,7,10H,2-3,5H2,1H3,(H,11,12,13). The fourth-order valence-electron chi connectivity index (χ4n) is 1.50. The number of aromatic amines is 1. The molecule has 5 heteroatoms. The predicted octanol–water partition coefficient (Wildman–Crippen LogP) is -0.261. The molecule has 1 aromatic rings. The Bertz CT molecular complexity index is 369. The number of ether oxygens (including phenoxy) is 1. The van der Waals surface area contributed by atoms with Crippen LogP contribution in [0.15, 0.2) is 10.9 Å². The molecule has 2 N–H and O–H groups in total. The summed E-state index contributed by atoms with van der Waals surface area (Å²) in [6.45, 7) is 4.01. The minimum Gasteiger partial charge on any atom is -0.368 e. The van der Waals surface area contributed by atoms with Crippen molar-refractivity contribution in [3.8, 4) is 0 Å². The van der Waals surface area contributed by atoms with Crippen molar-refractivity contribution in [3.05, 3.63) is 27.9 Å². The zero-order valence-electron chi connectivity index (χ0n) is 8.04. The summed E-state index contributed by atoms with van der Waals surface area (Å²) in [6.07, 6.45) is -0.128. The van der Waals surface area contributed by atoms with E-state index in [4.69, 9.17) is 4.74 Å². The number of hydrogen-bond acceptors (Lipinski definition) is 4. The van der Waals surface area contributed by atoms with Crippen LogP contribution < -0.4 is 10.9 Å². The van der Waals surface area contributed by atoms with Gasteiger partial charge in [0.25, 0.3) is 5.56 Å². The molecule has 0 spiro atoms. The van der Waals surface area contributed by atoms with E-state index in [1.54, 1.807) is 6.92 Å². The molecule has 1 aliphatic rings. The molecule has 1 saturated heterocycles. The molecule has 0 saturated carbocycles. The fraction of sp³-hybridized carbons (Fsp3) is 0.556. The number of nitrogens with zero attached hydrogens (tertiary/aromatic N) is 1. The van der Waals surface area contributed by atoms with Gasteiger partial charge in [-0.1, -0.05) is 0 Å². The summed E-state index contributed by atoms with van der Waals surface area (Å²) >= 11 is 0. The van der Waals surface area contributed by atoms with E-state index >= 15 is 0 Å². The first-order valence-electron chi connectivity index (χ1n) is 4.66. The molecule has 1 aromatic heterocycles. The van der Waals surface area contributed by atoms with Crippen LogP contribution >= 0.6 is 0 Å². The molecule has 5 nitrogen and oxygen atoms in total. The summed E-state index contributed by atoms with van der Waals surface area (Å²) in [5.41, 5.74) is 0.597. The fourth-order valence-corrected chi connectivity index (χ4v) is 1.50. The van der Waals surface area contributed by atoms with Crippen molar-refractivity contribution in [2.24, 2.45) is 0 Å². The van der Waals surface area contributed by atoms with Crippen molar-refractivity contribution in [3.63, 3.8) is 0 Å². The molecular formula is C9H13N3O2. The molecular weight excluding hydrogens is 182 g/mol. The molecule has 0 bridgehead atoms. The highest BCUT2D eigenvalue weighted by atomic mass is 16.5. The van der Waals surface area contributed by atoms with Crippen molar-refractivity contribution < 1.29 is 4.74 Å². The number of nitrogens with one attached hydrogen (secondary N) is 2. The SMILES string of the molecule is Cc1cc(=O)[nH]c(C2CNCCO2)n1. The Morgan fingerprint density at radius 3 is 3.14 bits per heavy atom. The third kappa shape index (κ3) is 2.00. The molecule has 1 fully saturated rings. The normalized spacial score (nSPS) is 22.2. The smallest absolute Gasteiger partial charge is 0.251 e. The molecule has 2 rings (SSSR count). The second-order valence-electron chi connectivity index (χ2n) is 3.34. The first-order chi connectivity index (χ1) is 6.75. The maximum Gasteiger partial charge on any atom is 0.251 e. The Balaban J connectivity index is 2.26. The van der Waals surface area contributed by atoms with Crippen LogP contribution in [0.5, 0.6) is 0 Å². The van der Waals surface area contributed by atoms with Crippen molar-refractivity contribution in [1.82, 2.24) is 15.3 Å². The van der Waals surface area contributed by atoms with Crippen LogP contribution in [-0.2, 0) is 4.74 Å². The largest absolute Gasteiger partial charge is 0.368 e. The van der Waals surface area contributed by atoms with Gasteiger partial charge in [-0.05, 0) is 6.92 Å². The molecule has 1 unspecified atom stereocenters. The van der Waals surface area contributed by atoms with Gasteiger partial charge in [-0.2, -0.15) is 0 Å². The molecule has 0 aliphatic carbocycles. The van der Waals surface area contributed by atoms with Crippen molar-refractivity contribution in [1.29, 1.82) is 0 Å². The van der Waals surface area contributed by atoms with Gasteiger partial charge in [-0.25, -0.2) is 4.98 Å². The zero-order valence-corrected chi connectivity index (χ0v) is 8.04. The second-order valence-corrected chi connectivity index (χ2v) is 3.34. The summed E-state index contributed by atoms with van der Waals surface area (Å²) in [6, 6.07) is 1.47. The zero-order chi connectivity index (χ0) is 9.97. The number of aryl methyl sites for hydroxylation is 1. The van der Waals surface area contributed by atoms with Crippen LogP contribution in [-0.4, -0.2) is 29.7 Å². The minimum absolute atomic E-state index is 0.123. The lowest BCUT2D eigenvalue weighted by molar-refractivity contribution is 0.0219.